The van der Waals surface area contributed by atoms with Crippen LogP contribution in [0.5, 0.6) is 5.75 Å². The van der Waals surface area contributed by atoms with Gasteiger partial charge in [0, 0.05) is 0 Å². The van der Waals surface area contributed by atoms with Crippen molar-refractivity contribution >= 4 is 5.69 Å². The zero-order valence-electron chi connectivity index (χ0n) is 7.64. The molecular formula is C9H14N2O. The number of anilines is 1. The minimum absolute atomic E-state index is 0.895. The van der Waals surface area contributed by atoms with E-state index in [-0.39, 0.29) is 0 Å². The molecule has 1 rings (SSSR count). The molecule has 0 unspecified atom stereocenters. The van der Waals surface area contributed by atoms with Crippen LogP contribution in [0.1, 0.15) is 11.1 Å². The third-order valence-corrected chi connectivity index (χ3v) is 1.90. The number of nitrogens with two attached hydrogens (primary N) is 1. The average molecular weight is 166 g/mol. The molecule has 0 aromatic heterocycles. The van der Waals surface area contributed by atoms with Crippen molar-refractivity contribution in [1.29, 1.82) is 0 Å². The van der Waals surface area contributed by atoms with Gasteiger partial charge >= 0.3 is 0 Å². The Balaban J connectivity index is 3.16. The van der Waals surface area contributed by atoms with Crippen molar-refractivity contribution in [2.75, 3.05) is 12.5 Å². The van der Waals surface area contributed by atoms with E-state index >= 15 is 0 Å². The van der Waals surface area contributed by atoms with Crippen LogP contribution in [0, 0.1) is 13.8 Å². The zero-order chi connectivity index (χ0) is 9.14. The highest BCUT2D eigenvalue weighted by atomic mass is 16.5. The second-order valence-electron chi connectivity index (χ2n) is 2.78. The Bertz CT molecular complexity index is 254. The number of ether oxygens (including phenoxy) is 1. The van der Waals surface area contributed by atoms with Gasteiger partial charge in [-0.1, -0.05) is 0 Å². The SMILES string of the molecule is COc1cc(C)c(NN)cc1C. The van der Waals surface area contributed by atoms with Crippen LogP contribution in [0.25, 0.3) is 0 Å². The van der Waals surface area contributed by atoms with Gasteiger partial charge in [-0.15, -0.1) is 0 Å². The number of nitrogens with one attached hydrogen (secondary N) is 1. The fourth-order valence-corrected chi connectivity index (χ4v) is 1.17. The standard InChI is InChI=1S/C9H14N2O/c1-6-5-9(12-3)7(2)4-8(6)11-10/h4-5,11H,10H2,1-3H3. The third kappa shape index (κ3) is 1.51. The largest absolute Gasteiger partial charge is 0.496 e. The predicted molar refractivity (Wildman–Crippen MR) is 50.3 cm³/mol. The molecule has 66 valence electrons. The van der Waals surface area contributed by atoms with Crippen molar-refractivity contribution in [2.24, 2.45) is 5.84 Å². The first-order valence-corrected chi connectivity index (χ1v) is 3.81. The van der Waals surface area contributed by atoms with E-state index in [4.69, 9.17) is 10.6 Å². The summed E-state index contributed by atoms with van der Waals surface area (Å²) >= 11 is 0. The lowest BCUT2D eigenvalue weighted by Gasteiger charge is -2.09. The minimum Gasteiger partial charge on any atom is -0.496 e. The smallest absolute Gasteiger partial charge is 0.122 e. The maximum atomic E-state index is 5.32. The van der Waals surface area contributed by atoms with Crippen LogP contribution in [0.4, 0.5) is 5.69 Å². The summed E-state index contributed by atoms with van der Waals surface area (Å²) in [5.41, 5.74) is 5.73. The summed E-state index contributed by atoms with van der Waals surface area (Å²) in [5, 5.41) is 0. The van der Waals surface area contributed by atoms with E-state index in [1.54, 1.807) is 7.11 Å². The fraction of sp³-hybridized carbons (Fsp3) is 0.333. The van der Waals surface area contributed by atoms with Crippen LogP contribution < -0.4 is 16.0 Å². The minimum atomic E-state index is 0.895. The number of aryl methyl sites for hydroxylation is 2. The molecule has 0 atom stereocenters. The maximum absolute atomic E-state index is 5.32. The van der Waals surface area contributed by atoms with Gasteiger partial charge in [0.15, 0.2) is 0 Å². The summed E-state index contributed by atoms with van der Waals surface area (Å²) in [6, 6.07) is 3.93. The molecule has 0 saturated carbocycles. The lowest BCUT2D eigenvalue weighted by Crippen LogP contribution is -2.08. The molecule has 1 aromatic carbocycles. The van der Waals surface area contributed by atoms with Crippen molar-refractivity contribution in [3.8, 4) is 5.75 Å². The molecule has 0 radical (unpaired) electrons. The summed E-state index contributed by atoms with van der Waals surface area (Å²) in [6.45, 7) is 3.97. The Morgan fingerprint density at radius 3 is 2.42 bits per heavy atom. The lowest BCUT2D eigenvalue weighted by atomic mass is 10.1. The number of rotatable bonds is 2. The molecule has 0 bridgehead atoms. The molecule has 3 N–H and O–H groups in total. The lowest BCUT2D eigenvalue weighted by molar-refractivity contribution is 0.411. The van der Waals surface area contributed by atoms with Crippen molar-refractivity contribution in [3.63, 3.8) is 0 Å². The number of methoxy groups -OCH3 is 1. The van der Waals surface area contributed by atoms with Gasteiger partial charge in [0.2, 0.25) is 0 Å². The molecule has 3 heteroatoms. The highest BCUT2D eigenvalue weighted by molar-refractivity contribution is 5.56. The first-order chi connectivity index (χ1) is 5.69. The number of hydrazine groups is 1. The van der Waals surface area contributed by atoms with Crippen LogP contribution in [0.2, 0.25) is 0 Å². The molecule has 0 aliphatic carbocycles. The van der Waals surface area contributed by atoms with Gasteiger partial charge in [0.05, 0.1) is 12.8 Å². The van der Waals surface area contributed by atoms with E-state index in [1.807, 2.05) is 26.0 Å². The van der Waals surface area contributed by atoms with Crippen molar-refractivity contribution in [3.05, 3.63) is 23.3 Å². The topological polar surface area (TPSA) is 47.3 Å². The Labute approximate surface area is 72.5 Å². The number of benzene rings is 1. The van der Waals surface area contributed by atoms with E-state index in [2.05, 4.69) is 5.43 Å². The monoisotopic (exact) mass is 166 g/mol. The van der Waals surface area contributed by atoms with Crippen molar-refractivity contribution in [2.45, 2.75) is 13.8 Å². The normalized spacial score (nSPS) is 9.67. The van der Waals surface area contributed by atoms with Gasteiger partial charge in [0.1, 0.15) is 5.75 Å². The van der Waals surface area contributed by atoms with Crippen LogP contribution in [0.15, 0.2) is 12.1 Å². The van der Waals surface area contributed by atoms with Crippen LogP contribution in [-0.2, 0) is 0 Å². The van der Waals surface area contributed by atoms with E-state index in [0.29, 0.717) is 0 Å². The van der Waals surface area contributed by atoms with Crippen LogP contribution >= 0.6 is 0 Å². The molecule has 0 heterocycles. The molecule has 0 saturated heterocycles. The third-order valence-electron chi connectivity index (χ3n) is 1.90. The van der Waals surface area contributed by atoms with Gasteiger partial charge in [-0.25, -0.2) is 0 Å². The molecule has 0 spiro atoms. The Hall–Kier alpha value is -1.22. The molecule has 3 nitrogen and oxygen atoms in total. The molecule has 0 aliphatic heterocycles. The van der Waals surface area contributed by atoms with Gasteiger partial charge < -0.3 is 10.2 Å². The summed E-state index contributed by atoms with van der Waals surface area (Å²) in [6.07, 6.45) is 0. The van der Waals surface area contributed by atoms with Gasteiger partial charge in [-0.05, 0) is 37.1 Å². The molecular weight excluding hydrogens is 152 g/mol. The first kappa shape index (κ1) is 8.87. The molecule has 0 fully saturated rings. The van der Waals surface area contributed by atoms with Crippen LogP contribution in [0.3, 0.4) is 0 Å². The number of nitrogen functional groups attached to an aromatic ring is 1. The quantitative estimate of drug-likeness (QED) is 0.518. The highest BCUT2D eigenvalue weighted by Crippen LogP contribution is 2.24. The molecule has 1 aromatic rings. The van der Waals surface area contributed by atoms with Crippen molar-refractivity contribution in [1.82, 2.24) is 0 Å². The summed E-state index contributed by atoms with van der Waals surface area (Å²) in [7, 11) is 1.66. The second-order valence-corrected chi connectivity index (χ2v) is 2.78. The Morgan fingerprint density at radius 2 is 1.92 bits per heavy atom. The van der Waals surface area contributed by atoms with E-state index in [0.717, 1.165) is 22.6 Å². The fourth-order valence-electron chi connectivity index (χ4n) is 1.17. The Kier molecular flexibility index (Phi) is 2.55. The Morgan fingerprint density at radius 1 is 1.25 bits per heavy atom. The second kappa shape index (κ2) is 3.45. The van der Waals surface area contributed by atoms with Gasteiger partial charge in [0.25, 0.3) is 0 Å². The zero-order valence-corrected chi connectivity index (χ0v) is 7.64. The summed E-state index contributed by atoms with van der Waals surface area (Å²) in [4.78, 5) is 0. The van der Waals surface area contributed by atoms with Gasteiger partial charge in [-0.3, -0.25) is 5.84 Å². The van der Waals surface area contributed by atoms with Gasteiger partial charge in [-0.2, -0.15) is 0 Å². The molecule has 12 heavy (non-hydrogen) atoms. The average Bonchev–Trinajstić information content (AvgIpc) is 2.08. The molecule has 0 aliphatic rings. The first-order valence-electron chi connectivity index (χ1n) is 3.81. The number of hydrogen-bond acceptors (Lipinski definition) is 3. The van der Waals surface area contributed by atoms with E-state index in [1.165, 1.54) is 0 Å². The summed E-state index contributed by atoms with van der Waals surface area (Å²) < 4.78 is 5.16. The maximum Gasteiger partial charge on any atom is 0.122 e. The van der Waals surface area contributed by atoms with E-state index in [9.17, 15) is 0 Å². The predicted octanol–water partition coefficient (Wildman–Crippen LogP) is 1.60. The summed E-state index contributed by atoms with van der Waals surface area (Å²) in [5.74, 6) is 6.22. The van der Waals surface area contributed by atoms with Crippen molar-refractivity contribution < 1.29 is 4.74 Å². The number of hydrogen-bond donors (Lipinski definition) is 2. The molecule has 0 amide bonds. The van der Waals surface area contributed by atoms with E-state index < -0.39 is 0 Å². The highest BCUT2D eigenvalue weighted by Gasteiger charge is 2.02. The van der Waals surface area contributed by atoms with Crippen LogP contribution in [-0.4, -0.2) is 7.11 Å².